The first-order valence-corrected chi connectivity index (χ1v) is 5.90. The predicted molar refractivity (Wildman–Crippen MR) is 67.3 cm³/mol. The number of rotatable bonds is 5. The molecule has 0 aromatic heterocycles. The van der Waals surface area contributed by atoms with Crippen molar-refractivity contribution >= 4 is 5.91 Å². The second-order valence-corrected chi connectivity index (χ2v) is 4.06. The highest BCUT2D eigenvalue weighted by Crippen LogP contribution is 2.07. The van der Waals surface area contributed by atoms with Crippen LogP contribution in [0.3, 0.4) is 0 Å². The summed E-state index contributed by atoms with van der Waals surface area (Å²) in [6.45, 7) is 4.48. The number of hydrogen-bond donors (Lipinski definition) is 1. The Kier molecular flexibility index (Phi) is 5.22. The fraction of sp³-hybridized carbons (Fsp3) is 0.429. The lowest BCUT2D eigenvalue weighted by molar-refractivity contribution is -0.123. The molecule has 1 aromatic rings. The molecule has 0 spiro atoms. The Morgan fingerprint density at radius 2 is 2.18 bits per heavy atom. The van der Waals surface area contributed by atoms with Crippen LogP contribution in [0.4, 0.5) is 0 Å². The van der Waals surface area contributed by atoms with Gasteiger partial charge in [-0.1, -0.05) is 31.2 Å². The van der Waals surface area contributed by atoms with E-state index in [1.165, 1.54) is 11.1 Å². The van der Waals surface area contributed by atoms with Crippen LogP contribution < -0.4 is 5.32 Å². The highest BCUT2D eigenvalue weighted by Gasteiger charge is 2.14. The highest BCUT2D eigenvalue weighted by molar-refractivity contribution is 5.80. The van der Waals surface area contributed by atoms with Gasteiger partial charge in [0.25, 0.3) is 0 Å². The van der Waals surface area contributed by atoms with Gasteiger partial charge in [-0.25, -0.2) is 0 Å². The standard InChI is InChI=1S/C14H18N2O/c1-3-12(10-15)14(17)16-9-8-13-7-5-4-6-11(13)2/h4-7,12H,3,8-9H2,1-2H3,(H,16,17). The third-order valence-corrected chi connectivity index (χ3v) is 2.84. The normalized spacial score (nSPS) is 11.6. The maximum atomic E-state index is 11.5. The van der Waals surface area contributed by atoms with Gasteiger partial charge in [0.05, 0.1) is 6.07 Å². The van der Waals surface area contributed by atoms with E-state index in [9.17, 15) is 4.79 Å². The quantitative estimate of drug-likeness (QED) is 0.843. The van der Waals surface area contributed by atoms with Crippen LogP contribution in [-0.4, -0.2) is 12.5 Å². The summed E-state index contributed by atoms with van der Waals surface area (Å²) in [5.41, 5.74) is 2.46. The van der Waals surface area contributed by atoms with Crippen molar-refractivity contribution in [2.75, 3.05) is 6.54 Å². The fourth-order valence-electron chi connectivity index (χ4n) is 1.67. The summed E-state index contributed by atoms with van der Waals surface area (Å²) in [7, 11) is 0. The molecule has 3 nitrogen and oxygen atoms in total. The third kappa shape index (κ3) is 3.92. The van der Waals surface area contributed by atoms with E-state index in [1.807, 2.05) is 25.1 Å². The largest absolute Gasteiger partial charge is 0.355 e. The van der Waals surface area contributed by atoms with Crippen LogP contribution in [0.5, 0.6) is 0 Å². The number of hydrogen-bond acceptors (Lipinski definition) is 2. The summed E-state index contributed by atoms with van der Waals surface area (Å²) in [5.74, 6) is -0.685. The van der Waals surface area contributed by atoms with Crippen LogP contribution in [-0.2, 0) is 11.2 Å². The molecule has 1 aromatic carbocycles. The third-order valence-electron chi connectivity index (χ3n) is 2.84. The fourth-order valence-corrected chi connectivity index (χ4v) is 1.67. The van der Waals surface area contributed by atoms with Crippen molar-refractivity contribution in [1.82, 2.24) is 5.32 Å². The van der Waals surface area contributed by atoms with E-state index in [-0.39, 0.29) is 5.91 Å². The molecule has 1 N–H and O–H groups in total. The van der Waals surface area contributed by atoms with Gasteiger partial charge in [0.1, 0.15) is 5.92 Å². The van der Waals surface area contributed by atoms with Gasteiger partial charge < -0.3 is 5.32 Å². The molecule has 1 unspecified atom stereocenters. The first-order valence-electron chi connectivity index (χ1n) is 5.90. The molecule has 0 saturated heterocycles. The number of carbonyl (C=O) groups excluding carboxylic acids is 1. The first-order chi connectivity index (χ1) is 8.19. The van der Waals surface area contributed by atoms with Crippen molar-refractivity contribution in [3.05, 3.63) is 35.4 Å². The van der Waals surface area contributed by atoms with E-state index in [2.05, 4.69) is 24.4 Å². The van der Waals surface area contributed by atoms with Crippen LogP contribution in [0.25, 0.3) is 0 Å². The number of benzene rings is 1. The first kappa shape index (κ1) is 13.2. The van der Waals surface area contributed by atoms with Crippen LogP contribution in [0.15, 0.2) is 24.3 Å². The molecule has 0 saturated carbocycles. The Morgan fingerprint density at radius 3 is 2.76 bits per heavy atom. The molecule has 1 rings (SSSR count). The highest BCUT2D eigenvalue weighted by atomic mass is 16.1. The van der Waals surface area contributed by atoms with Crippen molar-refractivity contribution in [3.63, 3.8) is 0 Å². The Labute approximate surface area is 102 Å². The summed E-state index contributed by atoms with van der Waals surface area (Å²) in [6, 6.07) is 10.1. The Hall–Kier alpha value is -1.82. The Bertz CT molecular complexity index is 420. The summed E-state index contributed by atoms with van der Waals surface area (Å²) in [5, 5.41) is 11.5. The minimum Gasteiger partial charge on any atom is -0.355 e. The molecular formula is C14H18N2O. The average molecular weight is 230 g/mol. The molecule has 90 valence electrons. The summed E-state index contributed by atoms with van der Waals surface area (Å²) >= 11 is 0. The zero-order valence-corrected chi connectivity index (χ0v) is 10.4. The Morgan fingerprint density at radius 1 is 1.47 bits per heavy atom. The number of nitrogens with zero attached hydrogens (tertiary/aromatic N) is 1. The topological polar surface area (TPSA) is 52.9 Å². The molecule has 0 aliphatic carbocycles. The zero-order chi connectivity index (χ0) is 12.7. The van der Waals surface area contributed by atoms with Crippen LogP contribution in [0, 0.1) is 24.2 Å². The van der Waals surface area contributed by atoms with E-state index in [4.69, 9.17) is 5.26 Å². The summed E-state index contributed by atoms with van der Waals surface area (Å²) in [6.07, 6.45) is 1.37. The molecule has 1 amide bonds. The molecule has 0 aliphatic rings. The van der Waals surface area contributed by atoms with Gasteiger partial charge in [-0.2, -0.15) is 5.26 Å². The van der Waals surface area contributed by atoms with Gasteiger partial charge in [0.15, 0.2) is 0 Å². The molecule has 17 heavy (non-hydrogen) atoms. The van der Waals surface area contributed by atoms with E-state index in [0.717, 1.165) is 6.42 Å². The lowest BCUT2D eigenvalue weighted by Crippen LogP contribution is -2.31. The average Bonchev–Trinajstić information content (AvgIpc) is 2.33. The van der Waals surface area contributed by atoms with Crippen LogP contribution in [0.1, 0.15) is 24.5 Å². The van der Waals surface area contributed by atoms with E-state index in [0.29, 0.717) is 13.0 Å². The van der Waals surface area contributed by atoms with E-state index >= 15 is 0 Å². The van der Waals surface area contributed by atoms with E-state index < -0.39 is 5.92 Å². The minimum absolute atomic E-state index is 0.163. The minimum atomic E-state index is -0.521. The second kappa shape index (κ2) is 6.70. The number of amides is 1. The van der Waals surface area contributed by atoms with Crippen molar-refractivity contribution in [2.24, 2.45) is 5.92 Å². The molecular weight excluding hydrogens is 212 g/mol. The number of nitriles is 1. The van der Waals surface area contributed by atoms with Crippen molar-refractivity contribution in [1.29, 1.82) is 5.26 Å². The van der Waals surface area contributed by atoms with Gasteiger partial charge in [-0.05, 0) is 30.9 Å². The lowest BCUT2D eigenvalue weighted by Gasteiger charge is -2.09. The van der Waals surface area contributed by atoms with Crippen molar-refractivity contribution < 1.29 is 4.79 Å². The monoisotopic (exact) mass is 230 g/mol. The maximum absolute atomic E-state index is 11.5. The van der Waals surface area contributed by atoms with Crippen molar-refractivity contribution in [3.8, 4) is 6.07 Å². The van der Waals surface area contributed by atoms with Gasteiger partial charge in [-0.15, -0.1) is 0 Å². The van der Waals surface area contributed by atoms with Gasteiger partial charge >= 0.3 is 0 Å². The lowest BCUT2D eigenvalue weighted by atomic mass is 10.1. The molecule has 3 heteroatoms. The molecule has 0 radical (unpaired) electrons. The van der Waals surface area contributed by atoms with Crippen LogP contribution >= 0.6 is 0 Å². The number of aryl methyl sites for hydroxylation is 1. The summed E-state index contributed by atoms with van der Waals surface area (Å²) < 4.78 is 0. The van der Waals surface area contributed by atoms with Crippen LogP contribution in [0.2, 0.25) is 0 Å². The molecule has 1 atom stereocenters. The predicted octanol–water partition coefficient (Wildman–Crippen LogP) is 2.20. The molecule has 0 aliphatic heterocycles. The molecule has 0 bridgehead atoms. The van der Waals surface area contributed by atoms with Gasteiger partial charge in [-0.3, -0.25) is 4.79 Å². The van der Waals surface area contributed by atoms with Crippen molar-refractivity contribution in [2.45, 2.75) is 26.7 Å². The second-order valence-electron chi connectivity index (χ2n) is 4.06. The Balaban J connectivity index is 2.41. The molecule has 0 heterocycles. The summed E-state index contributed by atoms with van der Waals surface area (Å²) in [4.78, 5) is 11.5. The SMILES string of the molecule is CCC(C#N)C(=O)NCCc1ccccc1C. The van der Waals surface area contributed by atoms with Gasteiger partial charge in [0, 0.05) is 6.54 Å². The molecule has 0 fully saturated rings. The zero-order valence-electron chi connectivity index (χ0n) is 10.4. The number of carbonyl (C=O) groups is 1. The smallest absolute Gasteiger partial charge is 0.237 e. The van der Waals surface area contributed by atoms with E-state index in [1.54, 1.807) is 0 Å². The van der Waals surface area contributed by atoms with Gasteiger partial charge in [0.2, 0.25) is 5.91 Å². The number of nitrogens with one attached hydrogen (secondary N) is 1. The maximum Gasteiger partial charge on any atom is 0.237 e.